The number of aromatic nitrogens is 1. The standard InChI is InChI=1S/C12H9FN2/c13-11-6-4-10(5-7-11)9-15-12-3-1-2-8-14-12/h1-9H/b15-9+. The van der Waals surface area contributed by atoms with Gasteiger partial charge in [-0.25, -0.2) is 14.4 Å². The number of pyridine rings is 1. The van der Waals surface area contributed by atoms with E-state index in [4.69, 9.17) is 0 Å². The maximum Gasteiger partial charge on any atom is 0.151 e. The number of rotatable bonds is 2. The van der Waals surface area contributed by atoms with Gasteiger partial charge in [-0.15, -0.1) is 0 Å². The molecule has 0 unspecified atom stereocenters. The first-order chi connectivity index (χ1) is 7.34. The summed E-state index contributed by atoms with van der Waals surface area (Å²) in [7, 11) is 0. The summed E-state index contributed by atoms with van der Waals surface area (Å²) in [6.07, 6.45) is 3.33. The average Bonchev–Trinajstić information content (AvgIpc) is 2.30. The van der Waals surface area contributed by atoms with Crippen LogP contribution in [0.3, 0.4) is 0 Å². The lowest BCUT2D eigenvalue weighted by atomic mass is 10.2. The molecule has 15 heavy (non-hydrogen) atoms. The highest BCUT2D eigenvalue weighted by Gasteiger charge is 1.90. The zero-order valence-electron chi connectivity index (χ0n) is 7.97. The van der Waals surface area contributed by atoms with Crippen molar-refractivity contribution in [3.05, 3.63) is 60.0 Å². The molecule has 0 saturated heterocycles. The molecule has 3 heteroatoms. The van der Waals surface area contributed by atoms with E-state index < -0.39 is 0 Å². The Balaban J connectivity index is 2.15. The van der Waals surface area contributed by atoms with Gasteiger partial charge >= 0.3 is 0 Å². The van der Waals surface area contributed by atoms with Crippen LogP contribution in [0.4, 0.5) is 10.2 Å². The van der Waals surface area contributed by atoms with Gasteiger partial charge < -0.3 is 0 Å². The van der Waals surface area contributed by atoms with E-state index in [2.05, 4.69) is 9.98 Å². The van der Waals surface area contributed by atoms with Crippen molar-refractivity contribution in [3.8, 4) is 0 Å². The minimum Gasteiger partial charge on any atom is -0.237 e. The molecule has 0 aliphatic carbocycles. The fourth-order valence-corrected chi connectivity index (χ4v) is 1.12. The fraction of sp³-hybridized carbons (Fsp3) is 0. The van der Waals surface area contributed by atoms with Gasteiger partial charge in [0.05, 0.1) is 0 Å². The SMILES string of the molecule is Fc1ccc(/C=N/c2ccccn2)cc1. The van der Waals surface area contributed by atoms with Crippen LogP contribution in [0.15, 0.2) is 53.7 Å². The molecule has 0 saturated carbocycles. The zero-order chi connectivity index (χ0) is 10.5. The molecule has 0 aliphatic rings. The predicted octanol–water partition coefficient (Wildman–Crippen LogP) is 2.97. The number of hydrogen-bond donors (Lipinski definition) is 0. The van der Waals surface area contributed by atoms with Gasteiger partial charge in [0, 0.05) is 12.4 Å². The van der Waals surface area contributed by atoms with Crippen LogP contribution >= 0.6 is 0 Å². The lowest BCUT2D eigenvalue weighted by Gasteiger charge is -1.92. The summed E-state index contributed by atoms with van der Waals surface area (Å²) < 4.78 is 12.6. The number of hydrogen-bond acceptors (Lipinski definition) is 2. The topological polar surface area (TPSA) is 25.2 Å². The summed E-state index contributed by atoms with van der Waals surface area (Å²) in [5.74, 6) is 0.395. The van der Waals surface area contributed by atoms with E-state index in [9.17, 15) is 4.39 Å². The normalized spacial score (nSPS) is 10.7. The Morgan fingerprint density at radius 1 is 1.07 bits per heavy atom. The first-order valence-corrected chi connectivity index (χ1v) is 4.55. The third kappa shape index (κ3) is 2.71. The molecule has 0 aliphatic heterocycles. The van der Waals surface area contributed by atoms with Gasteiger partial charge in [0.25, 0.3) is 0 Å². The van der Waals surface area contributed by atoms with Crippen LogP contribution in [0.5, 0.6) is 0 Å². The van der Waals surface area contributed by atoms with Gasteiger partial charge in [-0.05, 0) is 29.8 Å². The van der Waals surface area contributed by atoms with E-state index in [-0.39, 0.29) is 5.82 Å². The molecule has 0 spiro atoms. The van der Waals surface area contributed by atoms with Gasteiger partial charge in [-0.2, -0.15) is 0 Å². The lowest BCUT2D eigenvalue weighted by molar-refractivity contribution is 0.628. The highest BCUT2D eigenvalue weighted by Crippen LogP contribution is 2.06. The summed E-state index contributed by atoms with van der Waals surface area (Å²) in [5.41, 5.74) is 0.849. The lowest BCUT2D eigenvalue weighted by Crippen LogP contribution is -1.81. The van der Waals surface area contributed by atoms with Crippen molar-refractivity contribution in [2.75, 3.05) is 0 Å². The van der Waals surface area contributed by atoms with E-state index in [1.54, 1.807) is 30.6 Å². The van der Waals surface area contributed by atoms with Crippen molar-refractivity contribution in [3.63, 3.8) is 0 Å². The number of benzene rings is 1. The van der Waals surface area contributed by atoms with E-state index in [1.165, 1.54) is 12.1 Å². The second-order valence-electron chi connectivity index (χ2n) is 3.00. The monoisotopic (exact) mass is 200 g/mol. The highest BCUT2D eigenvalue weighted by molar-refractivity contribution is 5.81. The van der Waals surface area contributed by atoms with E-state index >= 15 is 0 Å². The van der Waals surface area contributed by atoms with Crippen LogP contribution < -0.4 is 0 Å². The maximum atomic E-state index is 12.6. The van der Waals surface area contributed by atoms with Gasteiger partial charge in [-0.1, -0.05) is 18.2 Å². The van der Waals surface area contributed by atoms with Gasteiger partial charge in [0.2, 0.25) is 0 Å². The molecule has 74 valence electrons. The average molecular weight is 200 g/mol. The molecule has 2 aromatic rings. The molecule has 1 heterocycles. The summed E-state index contributed by atoms with van der Waals surface area (Å²) >= 11 is 0. The third-order valence-electron chi connectivity index (χ3n) is 1.87. The molecule has 2 nitrogen and oxygen atoms in total. The van der Waals surface area contributed by atoms with Crippen LogP contribution in [-0.4, -0.2) is 11.2 Å². The van der Waals surface area contributed by atoms with Gasteiger partial charge in [-0.3, -0.25) is 0 Å². The van der Waals surface area contributed by atoms with Crippen LogP contribution in [0, 0.1) is 5.82 Å². The molecule has 0 atom stereocenters. The summed E-state index contributed by atoms with van der Waals surface area (Å²) in [6, 6.07) is 11.6. The minimum atomic E-state index is -0.245. The van der Waals surface area contributed by atoms with E-state index in [0.717, 1.165) is 5.56 Å². The number of halogens is 1. The summed E-state index contributed by atoms with van der Waals surface area (Å²) in [6.45, 7) is 0. The van der Waals surface area contributed by atoms with Crippen LogP contribution in [-0.2, 0) is 0 Å². The largest absolute Gasteiger partial charge is 0.237 e. The molecule has 0 fully saturated rings. The molecule has 1 aromatic heterocycles. The summed E-state index contributed by atoms with van der Waals surface area (Å²) in [4.78, 5) is 8.19. The Kier molecular flexibility index (Phi) is 2.83. The Hall–Kier alpha value is -2.03. The van der Waals surface area contributed by atoms with E-state index in [0.29, 0.717) is 5.82 Å². The van der Waals surface area contributed by atoms with Crippen LogP contribution in [0.2, 0.25) is 0 Å². The Bertz CT molecular complexity index is 449. The van der Waals surface area contributed by atoms with Crippen molar-refractivity contribution in [2.24, 2.45) is 4.99 Å². The molecule has 0 radical (unpaired) electrons. The minimum absolute atomic E-state index is 0.245. The van der Waals surface area contributed by atoms with Gasteiger partial charge in [0.15, 0.2) is 5.82 Å². The number of nitrogens with zero attached hydrogens (tertiary/aromatic N) is 2. The molecule has 0 N–H and O–H groups in total. The second-order valence-corrected chi connectivity index (χ2v) is 3.00. The van der Waals surface area contributed by atoms with Crippen molar-refractivity contribution < 1.29 is 4.39 Å². The molecule has 0 bridgehead atoms. The van der Waals surface area contributed by atoms with Crippen molar-refractivity contribution in [2.45, 2.75) is 0 Å². The predicted molar refractivity (Wildman–Crippen MR) is 57.9 cm³/mol. The molecular weight excluding hydrogens is 191 g/mol. The number of aliphatic imine (C=N–C) groups is 1. The van der Waals surface area contributed by atoms with Crippen molar-refractivity contribution in [1.82, 2.24) is 4.98 Å². The first-order valence-electron chi connectivity index (χ1n) is 4.55. The Morgan fingerprint density at radius 3 is 2.53 bits per heavy atom. The smallest absolute Gasteiger partial charge is 0.151 e. The van der Waals surface area contributed by atoms with E-state index in [1.807, 2.05) is 12.1 Å². The highest BCUT2D eigenvalue weighted by atomic mass is 19.1. The third-order valence-corrected chi connectivity index (χ3v) is 1.87. The second kappa shape index (κ2) is 4.46. The maximum absolute atomic E-state index is 12.6. The Labute approximate surface area is 87.1 Å². The Morgan fingerprint density at radius 2 is 1.87 bits per heavy atom. The molecule has 1 aromatic carbocycles. The van der Waals surface area contributed by atoms with Gasteiger partial charge in [0.1, 0.15) is 5.82 Å². The van der Waals surface area contributed by atoms with Crippen molar-refractivity contribution >= 4 is 12.0 Å². The molecule has 0 amide bonds. The molecular formula is C12H9FN2. The molecule has 2 rings (SSSR count). The summed E-state index contributed by atoms with van der Waals surface area (Å²) in [5, 5.41) is 0. The van der Waals surface area contributed by atoms with Crippen molar-refractivity contribution in [1.29, 1.82) is 0 Å². The fourth-order valence-electron chi connectivity index (χ4n) is 1.12. The van der Waals surface area contributed by atoms with Crippen LogP contribution in [0.1, 0.15) is 5.56 Å². The quantitative estimate of drug-likeness (QED) is 0.684. The zero-order valence-corrected chi connectivity index (χ0v) is 7.97. The van der Waals surface area contributed by atoms with Crippen LogP contribution in [0.25, 0.3) is 0 Å². The first kappa shape index (κ1) is 9.52.